The molecule has 22 heavy (non-hydrogen) atoms. The molecule has 1 N–H and O–H groups in total. The summed E-state index contributed by atoms with van der Waals surface area (Å²) in [5.41, 5.74) is 4.11. The molecular formula is C20H25NO. The van der Waals surface area contributed by atoms with Crippen molar-refractivity contribution in [3.8, 4) is 0 Å². The second kappa shape index (κ2) is 7.79. The van der Waals surface area contributed by atoms with E-state index in [2.05, 4.69) is 38.2 Å². The molecule has 0 atom stereocenters. The van der Waals surface area contributed by atoms with Gasteiger partial charge in [0, 0.05) is 11.3 Å². The van der Waals surface area contributed by atoms with E-state index in [1.807, 2.05) is 36.4 Å². The van der Waals surface area contributed by atoms with Gasteiger partial charge in [0.25, 0.3) is 5.91 Å². The quantitative estimate of drug-likeness (QED) is 0.759. The summed E-state index contributed by atoms with van der Waals surface area (Å²) in [5.74, 6) is 0.421. The Balaban J connectivity index is 1.99. The second-order valence-corrected chi connectivity index (χ2v) is 6.03. The van der Waals surface area contributed by atoms with Crippen LogP contribution in [0.15, 0.2) is 48.5 Å². The highest BCUT2D eigenvalue weighted by Gasteiger charge is 2.07. The maximum atomic E-state index is 12.2. The summed E-state index contributed by atoms with van der Waals surface area (Å²) >= 11 is 0. The van der Waals surface area contributed by atoms with Crippen LogP contribution < -0.4 is 5.32 Å². The maximum absolute atomic E-state index is 12.2. The monoisotopic (exact) mass is 295 g/mol. The minimum absolute atomic E-state index is 0.0587. The van der Waals surface area contributed by atoms with Crippen LogP contribution >= 0.6 is 0 Å². The highest BCUT2D eigenvalue weighted by molar-refractivity contribution is 6.04. The van der Waals surface area contributed by atoms with Crippen LogP contribution in [-0.2, 0) is 6.42 Å². The number of nitrogens with one attached hydrogen (secondary N) is 1. The number of hydrogen-bond donors (Lipinski definition) is 1. The predicted octanol–water partition coefficient (Wildman–Crippen LogP) is 5.40. The molecule has 0 fully saturated rings. The van der Waals surface area contributed by atoms with E-state index in [0.717, 1.165) is 12.1 Å². The fourth-order valence-electron chi connectivity index (χ4n) is 2.36. The first-order valence-corrected chi connectivity index (χ1v) is 8.10. The fourth-order valence-corrected chi connectivity index (χ4v) is 2.36. The SMILES string of the molecule is CCCCc1ccc(NC(=O)c2ccc(C(C)C)cc2)cc1. The number of carbonyl (C=O) groups is 1. The van der Waals surface area contributed by atoms with E-state index < -0.39 is 0 Å². The van der Waals surface area contributed by atoms with Gasteiger partial charge in [-0.25, -0.2) is 0 Å². The molecule has 0 saturated heterocycles. The Morgan fingerprint density at radius 3 is 2.18 bits per heavy atom. The molecule has 0 radical (unpaired) electrons. The number of aryl methyl sites for hydroxylation is 1. The minimum Gasteiger partial charge on any atom is -0.322 e. The van der Waals surface area contributed by atoms with Gasteiger partial charge in [-0.2, -0.15) is 0 Å². The van der Waals surface area contributed by atoms with Gasteiger partial charge in [-0.3, -0.25) is 4.79 Å². The van der Waals surface area contributed by atoms with E-state index in [-0.39, 0.29) is 5.91 Å². The van der Waals surface area contributed by atoms with E-state index in [1.165, 1.54) is 24.0 Å². The summed E-state index contributed by atoms with van der Waals surface area (Å²) < 4.78 is 0. The molecule has 2 nitrogen and oxygen atoms in total. The van der Waals surface area contributed by atoms with Crippen molar-refractivity contribution in [3.63, 3.8) is 0 Å². The highest BCUT2D eigenvalue weighted by atomic mass is 16.1. The average molecular weight is 295 g/mol. The molecule has 0 aromatic heterocycles. The van der Waals surface area contributed by atoms with E-state index in [0.29, 0.717) is 11.5 Å². The molecular weight excluding hydrogens is 270 g/mol. The lowest BCUT2D eigenvalue weighted by atomic mass is 10.0. The van der Waals surface area contributed by atoms with Crippen molar-refractivity contribution in [2.75, 3.05) is 5.32 Å². The first kappa shape index (κ1) is 16.3. The van der Waals surface area contributed by atoms with E-state index in [9.17, 15) is 4.79 Å². The lowest BCUT2D eigenvalue weighted by molar-refractivity contribution is 0.102. The smallest absolute Gasteiger partial charge is 0.255 e. The van der Waals surface area contributed by atoms with Crippen molar-refractivity contribution in [1.82, 2.24) is 0 Å². The van der Waals surface area contributed by atoms with Gasteiger partial charge in [0.1, 0.15) is 0 Å². The summed E-state index contributed by atoms with van der Waals surface area (Å²) in [7, 11) is 0. The third-order valence-corrected chi connectivity index (χ3v) is 3.87. The summed E-state index contributed by atoms with van der Waals surface area (Å²) in [6, 6.07) is 16.0. The molecule has 0 saturated carbocycles. The summed E-state index contributed by atoms with van der Waals surface area (Å²) in [4.78, 5) is 12.2. The van der Waals surface area contributed by atoms with Crippen LogP contribution in [0.3, 0.4) is 0 Å². The molecule has 0 spiro atoms. The van der Waals surface area contributed by atoms with Crippen LogP contribution in [0, 0.1) is 0 Å². The van der Waals surface area contributed by atoms with E-state index >= 15 is 0 Å². The first-order chi connectivity index (χ1) is 10.6. The lowest BCUT2D eigenvalue weighted by Gasteiger charge is -2.08. The molecule has 0 heterocycles. The molecule has 0 bridgehead atoms. The number of rotatable bonds is 6. The van der Waals surface area contributed by atoms with Crippen LogP contribution in [0.25, 0.3) is 0 Å². The summed E-state index contributed by atoms with van der Waals surface area (Å²) in [5, 5.41) is 2.95. The van der Waals surface area contributed by atoms with Crippen LogP contribution in [-0.4, -0.2) is 5.91 Å². The normalized spacial score (nSPS) is 10.7. The lowest BCUT2D eigenvalue weighted by Crippen LogP contribution is -2.11. The molecule has 0 aliphatic rings. The number of carbonyl (C=O) groups excluding carboxylic acids is 1. The third kappa shape index (κ3) is 4.45. The van der Waals surface area contributed by atoms with E-state index in [4.69, 9.17) is 0 Å². The number of unbranched alkanes of at least 4 members (excludes halogenated alkanes) is 1. The molecule has 1 amide bonds. The van der Waals surface area contributed by atoms with Crippen molar-refractivity contribution in [2.45, 2.75) is 46.0 Å². The van der Waals surface area contributed by atoms with Crippen LogP contribution in [0.2, 0.25) is 0 Å². The zero-order chi connectivity index (χ0) is 15.9. The largest absolute Gasteiger partial charge is 0.322 e. The number of hydrogen-bond acceptors (Lipinski definition) is 1. The second-order valence-electron chi connectivity index (χ2n) is 6.03. The standard InChI is InChI=1S/C20H25NO/c1-4-5-6-16-7-13-19(14-8-16)21-20(22)18-11-9-17(10-12-18)15(2)3/h7-15H,4-6H2,1-3H3,(H,21,22). The maximum Gasteiger partial charge on any atom is 0.255 e. The Bertz CT molecular complexity index is 597. The van der Waals surface area contributed by atoms with Gasteiger partial charge in [0.05, 0.1) is 0 Å². The Morgan fingerprint density at radius 2 is 1.64 bits per heavy atom. The van der Waals surface area contributed by atoms with Crippen molar-refractivity contribution in [1.29, 1.82) is 0 Å². The van der Waals surface area contributed by atoms with Gasteiger partial charge in [-0.1, -0.05) is 51.5 Å². The molecule has 2 heteroatoms. The van der Waals surface area contributed by atoms with Gasteiger partial charge >= 0.3 is 0 Å². The van der Waals surface area contributed by atoms with Crippen molar-refractivity contribution < 1.29 is 4.79 Å². The summed E-state index contributed by atoms with van der Waals surface area (Å²) in [6.07, 6.45) is 3.50. The van der Waals surface area contributed by atoms with Crippen molar-refractivity contribution in [2.24, 2.45) is 0 Å². The summed E-state index contributed by atoms with van der Waals surface area (Å²) in [6.45, 7) is 6.49. The molecule has 0 aliphatic heterocycles. The number of benzene rings is 2. The van der Waals surface area contributed by atoms with Crippen molar-refractivity contribution >= 4 is 11.6 Å². The highest BCUT2D eigenvalue weighted by Crippen LogP contribution is 2.16. The zero-order valence-corrected chi connectivity index (χ0v) is 13.7. The molecule has 116 valence electrons. The average Bonchev–Trinajstić information content (AvgIpc) is 2.54. The number of amides is 1. The van der Waals surface area contributed by atoms with Gasteiger partial charge in [0.2, 0.25) is 0 Å². The van der Waals surface area contributed by atoms with Crippen LogP contribution in [0.5, 0.6) is 0 Å². The van der Waals surface area contributed by atoms with Crippen molar-refractivity contribution in [3.05, 3.63) is 65.2 Å². The Morgan fingerprint density at radius 1 is 1.00 bits per heavy atom. The molecule has 2 aromatic rings. The third-order valence-electron chi connectivity index (χ3n) is 3.87. The first-order valence-electron chi connectivity index (χ1n) is 8.10. The van der Waals surface area contributed by atoms with Gasteiger partial charge in [-0.05, 0) is 54.2 Å². The topological polar surface area (TPSA) is 29.1 Å². The Kier molecular flexibility index (Phi) is 5.76. The van der Waals surface area contributed by atoms with E-state index in [1.54, 1.807) is 0 Å². The Hall–Kier alpha value is -2.09. The predicted molar refractivity (Wildman–Crippen MR) is 93.5 cm³/mol. The molecule has 0 unspecified atom stereocenters. The van der Waals surface area contributed by atoms with Gasteiger partial charge < -0.3 is 5.32 Å². The molecule has 2 rings (SSSR count). The van der Waals surface area contributed by atoms with Gasteiger partial charge in [0.15, 0.2) is 0 Å². The van der Waals surface area contributed by atoms with Crippen LogP contribution in [0.1, 0.15) is 61.0 Å². The fraction of sp³-hybridized carbons (Fsp3) is 0.350. The zero-order valence-electron chi connectivity index (χ0n) is 13.7. The molecule has 2 aromatic carbocycles. The Labute approximate surface area is 133 Å². The number of anilines is 1. The molecule has 0 aliphatic carbocycles. The van der Waals surface area contributed by atoms with Crippen LogP contribution in [0.4, 0.5) is 5.69 Å². The minimum atomic E-state index is -0.0587. The van der Waals surface area contributed by atoms with Gasteiger partial charge in [-0.15, -0.1) is 0 Å².